The molecule has 0 spiro atoms. The van der Waals surface area contributed by atoms with Gasteiger partial charge in [0.2, 0.25) is 5.90 Å². The van der Waals surface area contributed by atoms with Gasteiger partial charge >= 0.3 is 0 Å². The molecule has 3 nitrogen and oxygen atoms in total. The van der Waals surface area contributed by atoms with Crippen molar-refractivity contribution < 1.29 is 9.84 Å². The van der Waals surface area contributed by atoms with Gasteiger partial charge in [-0.25, -0.2) is 4.99 Å². The summed E-state index contributed by atoms with van der Waals surface area (Å²) in [4.78, 5) is 4.06. The highest BCUT2D eigenvalue weighted by molar-refractivity contribution is 5.97. The quantitative estimate of drug-likeness (QED) is 0.604. The van der Waals surface area contributed by atoms with E-state index >= 15 is 0 Å². The Bertz CT molecular complexity index is 320. The lowest BCUT2D eigenvalue weighted by Crippen LogP contribution is -2.05. The van der Waals surface area contributed by atoms with Crippen LogP contribution in [0.3, 0.4) is 0 Å². The fourth-order valence-electron chi connectivity index (χ4n) is 1.14. The molecule has 0 saturated carbocycles. The third kappa shape index (κ3) is 1.13. The molecule has 0 saturated heterocycles. The molecule has 1 aromatic carbocycles. The lowest BCUT2D eigenvalue weighted by Gasteiger charge is -2.11. The van der Waals surface area contributed by atoms with Crippen LogP contribution < -0.4 is 5.11 Å². The van der Waals surface area contributed by atoms with E-state index < -0.39 is 0 Å². The first-order valence-electron chi connectivity index (χ1n) is 3.81. The molecule has 0 radical (unpaired) electrons. The van der Waals surface area contributed by atoms with E-state index in [-0.39, 0.29) is 5.75 Å². The van der Waals surface area contributed by atoms with Crippen molar-refractivity contribution in [3.63, 3.8) is 0 Å². The van der Waals surface area contributed by atoms with Gasteiger partial charge in [0.05, 0.1) is 6.54 Å². The summed E-state index contributed by atoms with van der Waals surface area (Å²) in [6, 6.07) is 6.76. The Balaban J connectivity index is 2.39. The second-order valence-corrected chi connectivity index (χ2v) is 2.53. The lowest BCUT2D eigenvalue weighted by molar-refractivity contribution is -0.268. The van der Waals surface area contributed by atoms with Crippen molar-refractivity contribution in [1.29, 1.82) is 0 Å². The molecule has 62 valence electrons. The summed E-state index contributed by atoms with van der Waals surface area (Å²) >= 11 is 0. The molecule has 1 heterocycles. The predicted octanol–water partition coefficient (Wildman–Crippen LogP) is 0.537. The Morgan fingerprint density at radius 2 is 2.17 bits per heavy atom. The van der Waals surface area contributed by atoms with Crippen LogP contribution in [0.25, 0.3) is 0 Å². The minimum absolute atomic E-state index is 0.0295. The van der Waals surface area contributed by atoms with Gasteiger partial charge in [0.1, 0.15) is 6.61 Å². The maximum Gasteiger partial charge on any atom is 0.215 e. The molecule has 0 bridgehead atoms. The largest absolute Gasteiger partial charge is 0.872 e. The van der Waals surface area contributed by atoms with Crippen LogP contribution in [0.2, 0.25) is 0 Å². The zero-order valence-electron chi connectivity index (χ0n) is 6.49. The fraction of sp³-hybridized carbons (Fsp3) is 0.222. The topological polar surface area (TPSA) is 44.7 Å². The number of ether oxygens (including phenoxy) is 1. The summed E-state index contributed by atoms with van der Waals surface area (Å²) < 4.78 is 5.17. The van der Waals surface area contributed by atoms with Crippen LogP contribution in [-0.4, -0.2) is 19.0 Å². The van der Waals surface area contributed by atoms with Crippen molar-refractivity contribution in [2.24, 2.45) is 4.99 Å². The minimum atomic E-state index is -0.0295. The van der Waals surface area contributed by atoms with E-state index in [9.17, 15) is 5.11 Å². The number of para-hydroxylation sites is 1. The van der Waals surface area contributed by atoms with Gasteiger partial charge in [-0.1, -0.05) is 30.0 Å². The molecule has 2 rings (SSSR count). The Morgan fingerprint density at radius 1 is 1.33 bits per heavy atom. The van der Waals surface area contributed by atoms with Gasteiger partial charge < -0.3 is 9.84 Å². The van der Waals surface area contributed by atoms with Gasteiger partial charge in [-0.2, -0.15) is 0 Å². The van der Waals surface area contributed by atoms with Gasteiger partial charge in [-0.3, -0.25) is 0 Å². The van der Waals surface area contributed by atoms with Crippen molar-refractivity contribution in [3.05, 3.63) is 29.8 Å². The van der Waals surface area contributed by atoms with Gasteiger partial charge in [-0.05, 0) is 0 Å². The molecule has 3 heteroatoms. The number of hydrogen-bond acceptors (Lipinski definition) is 3. The Kier molecular flexibility index (Phi) is 1.70. The molecule has 1 aromatic rings. The number of nitrogens with zero attached hydrogens (tertiary/aromatic N) is 1. The van der Waals surface area contributed by atoms with Crippen LogP contribution in [-0.2, 0) is 4.74 Å². The molecule has 12 heavy (non-hydrogen) atoms. The van der Waals surface area contributed by atoms with Crippen molar-refractivity contribution in [1.82, 2.24) is 0 Å². The van der Waals surface area contributed by atoms with Gasteiger partial charge in [0, 0.05) is 5.56 Å². The third-order valence-electron chi connectivity index (χ3n) is 1.70. The van der Waals surface area contributed by atoms with Gasteiger partial charge in [0.25, 0.3) is 0 Å². The van der Waals surface area contributed by atoms with E-state index in [1.165, 1.54) is 6.07 Å². The summed E-state index contributed by atoms with van der Waals surface area (Å²) in [5.74, 6) is 0.457. The number of hydrogen-bond donors (Lipinski definition) is 0. The molecular weight excluding hydrogens is 154 g/mol. The van der Waals surface area contributed by atoms with Gasteiger partial charge in [-0.15, -0.1) is 0 Å². The summed E-state index contributed by atoms with van der Waals surface area (Å²) in [5, 5.41) is 11.2. The molecule has 0 aromatic heterocycles. The first-order valence-corrected chi connectivity index (χ1v) is 3.81. The highest BCUT2D eigenvalue weighted by Gasteiger charge is 2.09. The highest BCUT2D eigenvalue weighted by Crippen LogP contribution is 2.15. The fourth-order valence-corrected chi connectivity index (χ4v) is 1.14. The first-order chi connectivity index (χ1) is 5.88. The number of benzene rings is 1. The molecule has 0 amide bonds. The molecule has 0 aliphatic carbocycles. The second kappa shape index (κ2) is 2.85. The third-order valence-corrected chi connectivity index (χ3v) is 1.70. The number of rotatable bonds is 1. The standard InChI is InChI=1S/C9H9NO2/c11-8-4-2-1-3-7(8)9-10-5-6-12-9/h1-4,11H,5-6H2/p-1. The van der Waals surface area contributed by atoms with Gasteiger partial charge in [0.15, 0.2) is 0 Å². The Hall–Kier alpha value is -1.51. The molecule has 1 aliphatic heterocycles. The van der Waals surface area contributed by atoms with E-state index in [0.29, 0.717) is 24.6 Å². The average molecular weight is 162 g/mol. The van der Waals surface area contributed by atoms with Crippen LogP contribution in [0.4, 0.5) is 0 Å². The first kappa shape index (κ1) is 7.16. The zero-order chi connectivity index (χ0) is 8.39. The van der Waals surface area contributed by atoms with E-state index in [1.807, 2.05) is 0 Å². The Morgan fingerprint density at radius 3 is 2.83 bits per heavy atom. The molecule has 0 N–H and O–H groups in total. The molecule has 1 aliphatic rings. The normalized spacial score (nSPS) is 15.5. The summed E-state index contributed by atoms with van der Waals surface area (Å²) in [6.07, 6.45) is 0. The zero-order valence-corrected chi connectivity index (χ0v) is 6.49. The van der Waals surface area contributed by atoms with Crippen molar-refractivity contribution in [2.45, 2.75) is 0 Å². The summed E-state index contributed by atoms with van der Waals surface area (Å²) in [6.45, 7) is 1.24. The molecular formula is C9H8NO2-. The van der Waals surface area contributed by atoms with E-state index in [2.05, 4.69) is 4.99 Å². The van der Waals surface area contributed by atoms with Crippen LogP contribution in [0.1, 0.15) is 5.56 Å². The molecule has 0 unspecified atom stereocenters. The SMILES string of the molecule is [O-]c1ccccc1C1=NCCO1. The smallest absolute Gasteiger partial charge is 0.215 e. The molecule has 0 fully saturated rings. The van der Waals surface area contributed by atoms with Crippen LogP contribution in [0.15, 0.2) is 29.3 Å². The predicted molar refractivity (Wildman–Crippen MR) is 43.2 cm³/mol. The van der Waals surface area contributed by atoms with Crippen molar-refractivity contribution in [3.8, 4) is 5.75 Å². The summed E-state index contributed by atoms with van der Waals surface area (Å²) in [7, 11) is 0. The maximum atomic E-state index is 11.2. The van der Waals surface area contributed by atoms with E-state index in [0.717, 1.165) is 0 Å². The number of aliphatic imine (C=N–C) groups is 1. The second-order valence-electron chi connectivity index (χ2n) is 2.53. The maximum absolute atomic E-state index is 11.2. The summed E-state index contributed by atoms with van der Waals surface area (Å²) in [5.41, 5.74) is 0.565. The minimum Gasteiger partial charge on any atom is -0.872 e. The lowest BCUT2D eigenvalue weighted by atomic mass is 10.2. The highest BCUT2D eigenvalue weighted by atomic mass is 16.5. The average Bonchev–Trinajstić information content (AvgIpc) is 2.57. The van der Waals surface area contributed by atoms with Crippen molar-refractivity contribution in [2.75, 3.05) is 13.2 Å². The van der Waals surface area contributed by atoms with E-state index in [4.69, 9.17) is 4.74 Å². The van der Waals surface area contributed by atoms with Crippen LogP contribution >= 0.6 is 0 Å². The van der Waals surface area contributed by atoms with Crippen LogP contribution in [0, 0.1) is 0 Å². The van der Waals surface area contributed by atoms with E-state index in [1.54, 1.807) is 18.2 Å². The van der Waals surface area contributed by atoms with Crippen molar-refractivity contribution >= 4 is 5.90 Å². The monoisotopic (exact) mass is 162 g/mol. The molecule has 0 atom stereocenters. The van der Waals surface area contributed by atoms with Crippen LogP contribution in [0.5, 0.6) is 5.75 Å². The Labute approximate surface area is 70.3 Å².